The largest absolute Gasteiger partial charge is 0.283 e. The van der Waals surface area contributed by atoms with Crippen LogP contribution in [0.25, 0.3) is 10.1 Å². The smallest absolute Gasteiger partial charge is 0.266 e. The molecular formula is C22H25ClN2OS. The summed E-state index contributed by atoms with van der Waals surface area (Å²) in [4.78, 5) is 13.3. The minimum absolute atomic E-state index is 0.183. The van der Waals surface area contributed by atoms with Crippen molar-refractivity contribution in [2.24, 2.45) is 28.3 Å². The second-order valence-corrected chi connectivity index (χ2v) is 10.2. The molecule has 2 aromatic rings. The number of benzene rings is 1. The molecule has 4 bridgehead atoms. The van der Waals surface area contributed by atoms with Crippen LogP contribution in [0.4, 0.5) is 0 Å². The summed E-state index contributed by atoms with van der Waals surface area (Å²) in [6.07, 6.45) is 8.97. The van der Waals surface area contributed by atoms with E-state index < -0.39 is 0 Å². The SMILES string of the molecule is CC/C(=N\NC(=O)c1sc2ccccc2c1Cl)C12CC3CC(CC(C3)C1)C2. The molecule has 1 aromatic heterocycles. The van der Waals surface area contributed by atoms with Gasteiger partial charge in [-0.05, 0) is 68.8 Å². The molecule has 1 amide bonds. The fourth-order valence-corrected chi connectivity index (χ4v) is 7.77. The summed E-state index contributed by atoms with van der Waals surface area (Å²) in [5.41, 5.74) is 4.29. The summed E-state index contributed by atoms with van der Waals surface area (Å²) in [6, 6.07) is 7.88. The first-order valence-electron chi connectivity index (χ1n) is 10.1. The van der Waals surface area contributed by atoms with Crippen LogP contribution in [-0.4, -0.2) is 11.6 Å². The topological polar surface area (TPSA) is 41.5 Å². The number of nitrogens with zero attached hydrogens (tertiary/aromatic N) is 1. The maximum atomic E-state index is 12.8. The lowest BCUT2D eigenvalue weighted by atomic mass is 9.48. The Kier molecular flexibility index (Phi) is 4.32. The quantitative estimate of drug-likeness (QED) is 0.477. The van der Waals surface area contributed by atoms with Gasteiger partial charge in [0.2, 0.25) is 0 Å². The van der Waals surface area contributed by atoms with E-state index in [0.29, 0.717) is 9.90 Å². The van der Waals surface area contributed by atoms with E-state index in [1.807, 2.05) is 24.3 Å². The summed E-state index contributed by atoms with van der Waals surface area (Å²) in [5, 5.41) is 6.16. The molecule has 4 aliphatic carbocycles. The molecule has 1 heterocycles. The number of amides is 1. The summed E-state index contributed by atoms with van der Waals surface area (Å²) in [6.45, 7) is 2.18. The van der Waals surface area contributed by atoms with E-state index in [1.165, 1.54) is 55.6 Å². The Labute approximate surface area is 169 Å². The molecule has 0 saturated heterocycles. The van der Waals surface area contributed by atoms with Gasteiger partial charge in [-0.3, -0.25) is 4.79 Å². The second kappa shape index (κ2) is 6.59. The molecule has 1 N–H and O–H groups in total. The van der Waals surface area contributed by atoms with Gasteiger partial charge in [-0.15, -0.1) is 11.3 Å². The third kappa shape index (κ3) is 2.92. The summed E-state index contributed by atoms with van der Waals surface area (Å²) < 4.78 is 1.04. The van der Waals surface area contributed by atoms with Crippen LogP contribution < -0.4 is 5.43 Å². The van der Waals surface area contributed by atoms with Crippen LogP contribution >= 0.6 is 22.9 Å². The summed E-state index contributed by atoms with van der Waals surface area (Å²) >= 11 is 7.90. The molecule has 1 aromatic carbocycles. The molecule has 27 heavy (non-hydrogen) atoms. The number of thiophene rings is 1. The maximum Gasteiger partial charge on any atom is 0.283 e. The van der Waals surface area contributed by atoms with Crippen molar-refractivity contribution in [2.75, 3.05) is 0 Å². The molecule has 4 fully saturated rings. The highest BCUT2D eigenvalue weighted by Crippen LogP contribution is 2.60. The standard InChI is InChI=1S/C22H25ClN2OS/c1-2-18(22-10-13-7-14(11-22)9-15(8-13)12-22)24-25-21(26)20-19(23)16-5-3-4-6-17(16)27-20/h3-6,13-15H,2,7-12H2,1H3,(H,25,26)/b24-18+. The van der Waals surface area contributed by atoms with Gasteiger partial charge in [0.05, 0.1) is 5.02 Å². The van der Waals surface area contributed by atoms with Gasteiger partial charge in [-0.2, -0.15) is 5.10 Å². The molecule has 142 valence electrons. The van der Waals surface area contributed by atoms with Crippen molar-refractivity contribution >= 4 is 44.6 Å². The van der Waals surface area contributed by atoms with Crippen molar-refractivity contribution in [1.29, 1.82) is 0 Å². The second-order valence-electron chi connectivity index (χ2n) is 8.79. The first-order chi connectivity index (χ1) is 13.1. The number of carbonyl (C=O) groups is 1. The Morgan fingerprint density at radius 2 is 1.81 bits per heavy atom. The fraction of sp³-hybridized carbons (Fsp3) is 0.545. The molecule has 4 saturated carbocycles. The molecule has 0 radical (unpaired) electrons. The van der Waals surface area contributed by atoms with Crippen LogP contribution in [0.3, 0.4) is 0 Å². The normalized spacial score (nSPS) is 32.2. The maximum absolute atomic E-state index is 12.8. The predicted molar refractivity (Wildman–Crippen MR) is 113 cm³/mol. The molecule has 6 rings (SSSR count). The minimum Gasteiger partial charge on any atom is -0.266 e. The monoisotopic (exact) mass is 400 g/mol. The van der Waals surface area contributed by atoms with Crippen LogP contribution in [0.5, 0.6) is 0 Å². The van der Waals surface area contributed by atoms with Crippen molar-refractivity contribution < 1.29 is 4.79 Å². The average molecular weight is 401 g/mol. The Morgan fingerprint density at radius 1 is 1.19 bits per heavy atom. The highest BCUT2D eigenvalue weighted by molar-refractivity contribution is 7.21. The van der Waals surface area contributed by atoms with E-state index in [-0.39, 0.29) is 11.3 Å². The average Bonchev–Trinajstić information content (AvgIpc) is 2.98. The lowest BCUT2D eigenvalue weighted by molar-refractivity contribution is -0.0134. The van der Waals surface area contributed by atoms with Crippen molar-refractivity contribution in [3.63, 3.8) is 0 Å². The molecule has 0 unspecified atom stereocenters. The van der Waals surface area contributed by atoms with Crippen molar-refractivity contribution in [2.45, 2.75) is 51.9 Å². The number of halogens is 1. The van der Waals surface area contributed by atoms with Crippen LogP contribution in [0.15, 0.2) is 29.4 Å². The molecule has 3 nitrogen and oxygen atoms in total. The van der Waals surface area contributed by atoms with Gasteiger partial charge in [0.15, 0.2) is 0 Å². The molecule has 0 spiro atoms. The zero-order chi connectivity index (χ0) is 18.6. The van der Waals surface area contributed by atoms with E-state index in [0.717, 1.165) is 34.3 Å². The van der Waals surface area contributed by atoms with Gasteiger partial charge in [0, 0.05) is 21.2 Å². The zero-order valence-corrected chi connectivity index (χ0v) is 17.2. The van der Waals surface area contributed by atoms with Crippen LogP contribution in [0.2, 0.25) is 5.02 Å². The number of hydrazone groups is 1. The summed E-state index contributed by atoms with van der Waals surface area (Å²) in [7, 11) is 0. The first kappa shape index (κ1) is 17.7. The van der Waals surface area contributed by atoms with Crippen molar-refractivity contribution in [3.8, 4) is 0 Å². The Bertz CT molecular complexity index is 896. The van der Waals surface area contributed by atoms with Crippen LogP contribution in [0.1, 0.15) is 61.5 Å². The zero-order valence-electron chi connectivity index (χ0n) is 15.6. The Morgan fingerprint density at radius 3 is 2.41 bits per heavy atom. The number of rotatable bonds is 4. The summed E-state index contributed by atoms with van der Waals surface area (Å²) in [5.74, 6) is 2.44. The number of hydrogen-bond donors (Lipinski definition) is 1. The van der Waals surface area contributed by atoms with E-state index in [9.17, 15) is 4.79 Å². The van der Waals surface area contributed by atoms with Gasteiger partial charge in [0.1, 0.15) is 4.88 Å². The van der Waals surface area contributed by atoms with Crippen molar-refractivity contribution in [1.82, 2.24) is 5.43 Å². The van der Waals surface area contributed by atoms with E-state index in [2.05, 4.69) is 17.5 Å². The van der Waals surface area contributed by atoms with E-state index in [4.69, 9.17) is 11.6 Å². The van der Waals surface area contributed by atoms with E-state index >= 15 is 0 Å². The highest BCUT2D eigenvalue weighted by atomic mass is 35.5. The third-order valence-corrected chi connectivity index (χ3v) is 8.69. The predicted octanol–water partition coefficient (Wildman–Crippen LogP) is 6.27. The number of hydrogen-bond acceptors (Lipinski definition) is 3. The molecule has 5 heteroatoms. The Hall–Kier alpha value is -1.39. The van der Waals surface area contributed by atoms with Gasteiger partial charge in [-0.25, -0.2) is 5.43 Å². The fourth-order valence-electron chi connectivity index (χ4n) is 6.37. The van der Waals surface area contributed by atoms with Gasteiger partial charge >= 0.3 is 0 Å². The lowest BCUT2D eigenvalue weighted by Gasteiger charge is -2.57. The third-order valence-electron chi connectivity index (χ3n) is 7.02. The highest BCUT2D eigenvalue weighted by Gasteiger charge is 2.52. The van der Waals surface area contributed by atoms with Gasteiger partial charge in [0.25, 0.3) is 5.91 Å². The minimum atomic E-state index is -0.183. The molecule has 0 aliphatic heterocycles. The first-order valence-corrected chi connectivity index (χ1v) is 11.3. The lowest BCUT2D eigenvalue weighted by Crippen LogP contribution is -2.50. The number of nitrogens with one attached hydrogen (secondary N) is 1. The number of fused-ring (bicyclic) bond motifs is 1. The van der Waals surface area contributed by atoms with Crippen LogP contribution in [-0.2, 0) is 0 Å². The molecule has 0 atom stereocenters. The van der Waals surface area contributed by atoms with Crippen molar-refractivity contribution in [3.05, 3.63) is 34.2 Å². The van der Waals surface area contributed by atoms with Gasteiger partial charge < -0.3 is 0 Å². The van der Waals surface area contributed by atoms with Crippen LogP contribution in [0, 0.1) is 23.2 Å². The van der Waals surface area contributed by atoms with Gasteiger partial charge in [-0.1, -0.05) is 36.7 Å². The number of carbonyl (C=O) groups excluding carboxylic acids is 1. The molecular weight excluding hydrogens is 376 g/mol. The Balaban J connectivity index is 1.40. The van der Waals surface area contributed by atoms with E-state index in [1.54, 1.807) is 0 Å². The molecule has 4 aliphatic rings.